The fraction of sp³-hybridized carbons (Fsp3) is 0.609. The summed E-state index contributed by atoms with van der Waals surface area (Å²) >= 11 is 0. The second-order valence-corrected chi connectivity index (χ2v) is 14.2. The van der Waals surface area contributed by atoms with Crippen molar-refractivity contribution in [2.45, 2.75) is 83.4 Å². The van der Waals surface area contributed by atoms with Crippen molar-refractivity contribution in [1.29, 1.82) is 0 Å². The van der Waals surface area contributed by atoms with Crippen LogP contribution in [0.25, 0.3) is 0 Å². The third-order valence-electron chi connectivity index (χ3n) is 6.07. The predicted octanol–water partition coefficient (Wildman–Crippen LogP) is 5.42. The number of Topliss-reactive ketones (excluding diaryl/α,β-unsaturated/α-hetero) is 1. The van der Waals surface area contributed by atoms with Crippen molar-refractivity contribution in [2.75, 3.05) is 6.61 Å². The molecule has 28 heavy (non-hydrogen) atoms. The Hall–Kier alpha value is -1.43. The van der Waals surface area contributed by atoms with Gasteiger partial charge in [0.2, 0.25) is 8.32 Å². The van der Waals surface area contributed by atoms with E-state index in [0.29, 0.717) is 12.8 Å². The van der Waals surface area contributed by atoms with Crippen molar-refractivity contribution < 1.29 is 18.7 Å². The smallest absolute Gasteiger partial charge is 0.250 e. The van der Waals surface area contributed by atoms with Crippen LogP contribution in [0.5, 0.6) is 5.75 Å². The van der Waals surface area contributed by atoms with E-state index in [-0.39, 0.29) is 23.2 Å². The van der Waals surface area contributed by atoms with Gasteiger partial charge < -0.3 is 13.9 Å². The first-order chi connectivity index (χ1) is 13.1. The molecule has 1 aliphatic heterocycles. The Balaban J connectivity index is 1.64. The van der Waals surface area contributed by atoms with E-state index < -0.39 is 8.32 Å². The molecule has 1 heterocycles. The number of ketones is 1. The lowest BCUT2D eigenvalue weighted by Gasteiger charge is -2.36. The minimum Gasteiger partial charge on any atom is -0.543 e. The summed E-state index contributed by atoms with van der Waals surface area (Å²) in [6.07, 6.45) is 5.86. The Morgan fingerprint density at radius 1 is 1.21 bits per heavy atom. The average Bonchev–Trinajstić information content (AvgIpc) is 2.94. The monoisotopic (exact) mass is 402 g/mol. The Morgan fingerprint density at radius 3 is 2.68 bits per heavy atom. The Labute approximate surface area is 170 Å². The molecule has 0 aromatic heterocycles. The van der Waals surface area contributed by atoms with Crippen LogP contribution in [-0.2, 0) is 20.7 Å². The number of benzene rings is 1. The van der Waals surface area contributed by atoms with Gasteiger partial charge in [-0.05, 0) is 66.7 Å². The molecule has 0 bridgehead atoms. The highest BCUT2D eigenvalue weighted by Crippen LogP contribution is 2.37. The van der Waals surface area contributed by atoms with E-state index in [1.807, 2.05) is 18.2 Å². The molecule has 3 rings (SSSR count). The van der Waals surface area contributed by atoms with E-state index >= 15 is 0 Å². The zero-order valence-electron chi connectivity index (χ0n) is 17.9. The maximum absolute atomic E-state index is 12.5. The topological polar surface area (TPSA) is 44.8 Å². The SMILES string of the molecule is CC(C)(C)[Si](C)(C)Oc1cccc(CC2=CC(OC3CCCCO3)CC2=O)c1. The average molecular weight is 403 g/mol. The van der Waals surface area contributed by atoms with Gasteiger partial charge in [0.05, 0.1) is 6.10 Å². The number of rotatable bonds is 6. The molecule has 0 spiro atoms. The van der Waals surface area contributed by atoms with E-state index in [9.17, 15) is 4.79 Å². The fourth-order valence-electron chi connectivity index (χ4n) is 3.34. The van der Waals surface area contributed by atoms with Gasteiger partial charge in [0, 0.05) is 19.4 Å². The fourth-order valence-corrected chi connectivity index (χ4v) is 4.36. The number of hydrogen-bond donors (Lipinski definition) is 0. The van der Waals surface area contributed by atoms with Gasteiger partial charge in [-0.25, -0.2) is 0 Å². The van der Waals surface area contributed by atoms with Crippen LogP contribution in [0.4, 0.5) is 0 Å². The molecule has 0 radical (unpaired) electrons. The van der Waals surface area contributed by atoms with Crippen LogP contribution < -0.4 is 4.43 Å². The van der Waals surface area contributed by atoms with Crippen molar-refractivity contribution in [1.82, 2.24) is 0 Å². The van der Waals surface area contributed by atoms with Gasteiger partial charge in [-0.2, -0.15) is 0 Å². The van der Waals surface area contributed by atoms with Crippen LogP contribution in [0.15, 0.2) is 35.9 Å². The first-order valence-corrected chi connectivity index (χ1v) is 13.3. The molecule has 4 nitrogen and oxygen atoms in total. The molecule has 1 saturated heterocycles. The lowest BCUT2D eigenvalue weighted by atomic mass is 10.0. The van der Waals surface area contributed by atoms with Gasteiger partial charge in [0.15, 0.2) is 12.1 Å². The Bertz CT molecular complexity index is 726. The van der Waals surface area contributed by atoms with Crippen molar-refractivity contribution >= 4 is 14.1 Å². The number of ether oxygens (including phenoxy) is 2. The summed E-state index contributed by atoms with van der Waals surface area (Å²) in [4.78, 5) is 12.5. The van der Waals surface area contributed by atoms with E-state index in [1.54, 1.807) is 0 Å². The molecule has 2 atom stereocenters. The summed E-state index contributed by atoms with van der Waals surface area (Å²) in [6, 6.07) is 8.17. The number of allylic oxidation sites excluding steroid dienone is 1. The molecule has 0 N–H and O–H groups in total. The summed E-state index contributed by atoms with van der Waals surface area (Å²) in [7, 11) is -1.88. The largest absolute Gasteiger partial charge is 0.543 e. The molecule has 0 amide bonds. The molecule has 2 aliphatic rings. The first kappa shape index (κ1) is 21.3. The first-order valence-electron chi connectivity index (χ1n) is 10.4. The molecule has 1 aliphatic carbocycles. The standard InChI is InChI=1S/C23H34O4Si/c1-23(2,3)28(4,5)27-19-10-8-9-17(14-19)13-18-15-20(16-21(18)24)26-22-11-6-7-12-25-22/h8-10,14-15,20,22H,6-7,11-13,16H2,1-5H3. The lowest BCUT2D eigenvalue weighted by Crippen LogP contribution is -2.43. The van der Waals surface area contributed by atoms with Crippen LogP contribution in [0.2, 0.25) is 18.1 Å². The molecule has 1 fully saturated rings. The highest BCUT2D eigenvalue weighted by molar-refractivity contribution is 6.74. The maximum atomic E-state index is 12.5. The zero-order valence-corrected chi connectivity index (χ0v) is 18.9. The summed E-state index contributed by atoms with van der Waals surface area (Å²) in [6.45, 7) is 12.0. The molecular weight excluding hydrogens is 368 g/mol. The third-order valence-corrected chi connectivity index (χ3v) is 10.4. The number of carbonyl (C=O) groups is 1. The number of carbonyl (C=O) groups excluding carboxylic acids is 1. The Kier molecular flexibility index (Phi) is 6.47. The van der Waals surface area contributed by atoms with Crippen LogP contribution in [0.3, 0.4) is 0 Å². The van der Waals surface area contributed by atoms with Crippen molar-refractivity contribution in [3.05, 3.63) is 41.5 Å². The second-order valence-electron chi connectivity index (χ2n) is 9.48. The molecule has 5 heteroatoms. The van der Waals surface area contributed by atoms with E-state index in [2.05, 4.69) is 46.0 Å². The molecule has 154 valence electrons. The molecule has 0 saturated carbocycles. The minimum absolute atomic E-state index is 0.151. The summed E-state index contributed by atoms with van der Waals surface area (Å²) in [5, 5.41) is 0.151. The quantitative estimate of drug-likeness (QED) is 0.596. The minimum atomic E-state index is -1.88. The van der Waals surface area contributed by atoms with Crippen LogP contribution in [-0.4, -0.2) is 33.1 Å². The van der Waals surface area contributed by atoms with Crippen molar-refractivity contribution in [3.8, 4) is 5.75 Å². The normalized spacial score (nSPS) is 23.6. The lowest BCUT2D eigenvalue weighted by molar-refractivity contribution is -0.178. The molecule has 1 aromatic carbocycles. The van der Waals surface area contributed by atoms with Gasteiger partial charge in [-0.1, -0.05) is 32.9 Å². The van der Waals surface area contributed by atoms with Gasteiger partial charge in [-0.3, -0.25) is 4.79 Å². The second kappa shape index (κ2) is 8.52. The predicted molar refractivity (Wildman–Crippen MR) is 114 cm³/mol. The zero-order chi connectivity index (χ0) is 20.4. The maximum Gasteiger partial charge on any atom is 0.250 e. The third kappa shape index (κ3) is 5.34. The summed E-state index contributed by atoms with van der Waals surface area (Å²) in [5.41, 5.74) is 1.94. The number of hydrogen-bond acceptors (Lipinski definition) is 4. The van der Waals surface area contributed by atoms with E-state index in [4.69, 9.17) is 13.9 Å². The van der Waals surface area contributed by atoms with E-state index in [0.717, 1.165) is 42.8 Å². The highest BCUT2D eigenvalue weighted by Gasteiger charge is 2.39. The molecule has 2 unspecified atom stereocenters. The van der Waals surface area contributed by atoms with Gasteiger partial charge in [-0.15, -0.1) is 0 Å². The van der Waals surface area contributed by atoms with Crippen LogP contribution in [0, 0.1) is 0 Å². The van der Waals surface area contributed by atoms with Crippen molar-refractivity contribution in [3.63, 3.8) is 0 Å². The van der Waals surface area contributed by atoms with Crippen LogP contribution >= 0.6 is 0 Å². The van der Waals surface area contributed by atoms with Gasteiger partial charge >= 0.3 is 0 Å². The van der Waals surface area contributed by atoms with Crippen molar-refractivity contribution in [2.24, 2.45) is 0 Å². The Morgan fingerprint density at radius 2 is 2.00 bits per heavy atom. The summed E-state index contributed by atoms with van der Waals surface area (Å²) < 4.78 is 18.0. The molecule has 1 aromatic rings. The van der Waals surface area contributed by atoms with E-state index in [1.165, 1.54) is 0 Å². The molecular formula is C23H34O4Si. The summed E-state index contributed by atoms with van der Waals surface area (Å²) in [5.74, 6) is 1.08. The van der Waals surface area contributed by atoms with Gasteiger partial charge in [0.1, 0.15) is 5.75 Å². The van der Waals surface area contributed by atoms with Gasteiger partial charge in [0.25, 0.3) is 0 Å². The van der Waals surface area contributed by atoms with Crippen LogP contribution in [0.1, 0.15) is 52.0 Å². The highest BCUT2D eigenvalue weighted by atomic mass is 28.4.